The number of rotatable bonds is 4. The molecule has 0 bridgehead atoms. The predicted octanol–water partition coefficient (Wildman–Crippen LogP) is 1.70. The molecule has 1 aromatic carbocycles. The van der Waals surface area contributed by atoms with Crippen LogP contribution in [0.2, 0.25) is 0 Å². The first-order valence-electron chi connectivity index (χ1n) is 6.15. The number of hydrogen-bond acceptors (Lipinski definition) is 3. The van der Waals surface area contributed by atoms with E-state index in [9.17, 15) is 4.79 Å². The van der Waals surface area contributed by atoms with Crippen LogP contribution in [0.25, 0.3) is 0 Å². The average molecular weight is 258 g/mol. The number of benzene rings is 1. The van der Waals surface area contributed by atoms with Crippen LogP contribution in [0.3, 0.4) is 0 Å². The summed E-state index contributed by atoms with van der Waals surface area (Å²) in [5.41, 5.74) is 3.73. The largest absolute Gasteiger partial charge is 0.381 e. The first-order valence-corrected chi connectivity index (χ1v) is 6.15. The molecule has 19 heavy (non-hydrogen) atoms. The summed E-state index contributed by atoms with van der Waals surface area (Å²) in [4.78, 5) is 11.5. The molecule has 1 aromatic heterocycles. The minimum Gasteiger partial charge on any atom is -0.381 e. The van der Waals surface area contributed by atoms with Crippen LogP contribution in [-0.2, 0) is 13.6 Å². The highest BCUT2D eigenvalue weighted by Gasteiger charge is 2.05. The molecule has 2 aromatic rings. The molecule has 0 fully saturated rings. The standard InChI is InChI=1S/C14H18N4O/c1-10-12(9-18(3)17-10)8-16-13-6-4-5-11(7-13)14(19)15-2/h4-7,9,16H,8H2,1-3H3,(H,15,19). The van der Waals surface area contributed by atoms with E-state index in [0.717, 1.165) is 16.9 Å². The monoisotopic (exact) mass is 258 g/mol. The van der Waals surface area contributed by atoms with Crippen molar-refractivity contribution in [1.29, 1.82) is 0 Å². The molecule has 0 aliphatic heterocycles. The lowest BCUT2D eigenvalue weighted by molar-refractivity contribution is 0.0963. The fraction of sp³-hybridized carbons (Fsp3) is 0.286. The molecule has 100 valence electrons. The second-order valence-electron chi connectivity index (χ2n) is 4.43. The van der Waals surface area contributed by atoms with Gasteiger partial charge in [0.05, 0.1) is 5.69 Å². The number of aryl methyl sites for hydroxylation is 2. The summed E-state index contributed by atoms with van der Waals surface area (Å²) in [7, 11) is 3.53. The maximum atomic E-state index is 11.5. The average Bonchev–Trinajstić information content (AvgIpc) is 2.74. The van der Waals surface area contributed by atoms with Crippen LogP contribution < -0.4 is 10.6 Å². The Morgan fingerprint density at radius 3 is 2.84 bits per heavy atom. The summed E-state index contributed by atoms with van der Waals surface area (Å²) in [6, 6.07) is 7.44. The number of nitrogens with one attached hydrogen (secondary N) is 2. The van der Waals surface area contributed by atoms with E-state index in [0.29, 0.717) is 12.1 Å². The van der Waals surface area contributed by atoms with Gasteiger partial charge in [0.25, 0.3) is 5.91 Å². The molecule has 2 rings (SSSR count). The van der Waals surface area contributed by atoms with Crippen LogP contribution in [-0.4, -0.2) is 22.7 Å². The number of amides is 1. The number of nitrogens with zero attached hydrogens (tertiary/aromatic N) is 2. The third-order valence-electron chi connectivity index (χ3n) is 2.95. The maximum absolute atomic E-state index is 11.5. The van der Waals surface area contributed by atoms with Crippen molar-refractivity contribution < 1.29 is 4.79 Å². The Morgan fingerprint density at radius 1 is 1.42 bits per heavy atom. The summed E-state index contributed by atoms with van der Waals surface area (Å²) in [5, 5.41) is 10.2. The fourth-order valence-electron chi connectivity index (χ4n) is 1.93. The van der Waals surface area contributed by atoms with Gasteiger partial charge in [-0.25, -0.2) is 0 Å². The van der Waals surface area contributed by atoms with Gasteiger partial charge in [-0.2, -0.15) is 5.10 Å². The maximum Gasteiger partial charge on any atom is 0.251 e. The zero-order valence-electron chi connectivity index (χ0n) is 11.4. The van der Waals surface area contributed by atoms with Crippen molar-refractivity contribution in [2.75, 3.05) is 12.4 Å². The summed E-state index contributed by atoms with van der Waals surface area (Å²) >= 11 is 0. The van der Waals surface area contributed by atoms with Gasteiger partial charge >= 0.3 is 0 Å². The van der Waals surface area contributed by atoms with Gasteiger partial charge in [0.2, 0.25) is 0 Å². The highest BCUT2D eigenvalue weighted by Crippen LogP contribution is 2.13. The van der Waals surface area contributed by atoms with Crippen molar-refractivity contribution in [1.82, 2.24) is 15.1 Å². The van der Waals surface area contributed by atoms with Crippen molar-refractivity contribution in [3.63, 3.8) is 0 Å². The molecule has 5 heteroatoms. The van der Waals surface area contributed by atoms with Gasteiger partial charge in [-0.3, -0.25) is 9.48 Å². The van der Waals surface area contributed by atoms with Gasteiger partial charge in [0.15, 0.2) is 0 Å². The number of aromatic nitrogens is 2. The zero-order valence-corrected chi connectivity index (χ0v) is 11.4. The quantitative estimate of drug-likeness (QED) is 0.877. The zero-order chi connectivity index (χ0) is 13.8. The molecule has 0 unspecified atom stereocenters. The molecule has 0 atom stereocenters. The summed E-state index contributed by atoms with van der Waals surface area (Å²) in [6.07, 6.45) is 1.99. The fourth-order valence-corrected chi connectivity index (χ4v) is 1.93. The van der Waals surface area contributed by atoms with Crippen molar-refractivity contribution >= 4 is 11.6 Å². The SMILES string of the molecule is CNC(=O)c1cccc(NCc2cn(C)nc2C)c1. The van der Waals surface area contributed by atoms with Crippen LogP contribution in [0.4, 0.5) is 5.69 Å². The third-order valence-corrected chi connectivity index (χ3v) is 2.95. The molecule has 0 saturated carbocycles. The number of anilines is 1. The van der Waals surface area contributed by atoms with Crippen LogP contribution in [0, 0.1) is 6.92 Å². The Labute approximate surface area is 112 Å². The third kappa shape index (κ3) is 3.13. The van der Waals surface area contributed by atoms with Crippen molar-refractivity contribution in [2.45, 2.75) is 13.5 Å². The molecule has 0 radical (unpaired) electrons. The van der Waals surface area contributed by atoms with Gasteiger partial charge in [0, 0.05) is 43.7 Å². The van der Waals surface area contributed by atoms with Crippen LogP contribution in [0.1, 0.15) is 21.6 Å². The lowest BCUT2D eigenvalue weighted by Gasteiger charge is -2.07. The Bertz CT molecular complexity index is 589. The van der Waals surface area contributed by atoms with Gasteiger partial charge in [0.1, 0.15) is 0 Å². The van der Waals surface area contributed by atoms with Crippen LogP contribution in [0.5, 0.6) is 0 Å². The molecule has 1 amide bonds. The second-order valence-corrected chi connectivity index (χ2v) is 4.43. The Morgan fingerprint density at radius 2 is 2.21 bits per heavy atom. The minimum absolute atomic E-state index is 0.0822. The normalized spacial score (nSPS) is 10.3. The van der Waals surface area contributed by atoms with E-state index < -0.39 is 0 Å². The summed E-state index contributed by atoms with van der Waals surface area (Å²) < 4.78 is 1.80. The molecule has 2 N–H and O–H groups in total. The molecule has 0 aliphatic rings. The van der Waals surface area contributed by atoms with Crippen molar-refractivity contribution in [3.05, 3.63) is 47.3 Å². The van der Waals surface area contributed by atoms with Gasteiger partial charge in [-0.15, -0.1) is 0 Å². The molecule has 0 saturated heterocycles. The smallest absolute Gasteiger partial charge is 0.251 e. The molecule has 1 heterocycles. The molecule has 5 nitrogen and oxygen atoms in total. The summed E-state index contributed by atoms with van der Waals surface area (Å²) in [5.74, 6) is -0.0822. The Hall–Kier alpha value is -2.30. The van der Waals surface area contributed by atoms with Gasteiger partial charge in [-0.05, 0) is 25.1 Å². The highest BCUT2D eigenvalue weighted by atomic mass is 16.1. The summed E-state index contributed by atoms with van der Waals surface area (Å²) in [6.45, 7) is 2.68. The van der Waals surface area contributed by atoms with E-state index >= 15 is 0 Å². The van der Waals surface area contributed by atoms with E-state index in [2.05, 4.69) is 15.7 Å². The molecule has 0 spiro atoms. The lowest BCUT2D eigenvalue weighted by Crippen LogP contribution is -2.17. The molecular weight excluding hydrogens is 240 g/mol. The van der Waals surface area contributed by atoms with E-state index in [4.69, 9.17) is 0 Å². The van der Waals surface area contributed by atoms with E-state index in [1.165, 1.54) is 0 Å². The second kappa shape index (κ2) is 5.56. The lowest BCUT2D eigenvalue weighted by atomic mass is 10.2. The van der Waals surface area contributed by atoms with Crippen LogP contribution >= 0.6 is 0 Å². The van der Waals surface area contributed by atoms with Gasteiger partial charge < -0.3 is 10.6 Å². The molecule has 0 aliphatic carbocycles. The number of carbonyl (C=O) groups is 1. The number of carbonyl (C=O) groups excluding carboxylic acids is 1. The number of hydrogen-bond donors (Lipinski definition) is 2. The minimum atomic E-state index is -0.0822. The van der Waals surface area contributed by atoms with Crippen LogP contribution in [0.15, 0.2) is 30.5 Å². The van der Waals surface area contributed by atoms with Crippen molar-refractivity contribution in [2.24, 2.45) is 7.05 Å². The van der Waals surface area contributed by atoms with E-state index in [-0.39, 0.29) is 5.91 Å². The predicted molar refractivity (Wildman–Crippen MR) is 75.1 cm³/mol. The Kier molecular flexibility index (Phi) is 3.85. The first-order chi connectivity index (χ1) is 9.10. The van der Waals surface area contributed by atoms with Crippen molar-refractivity contribution in [3.8, 4) is 0 Å². The van der Waals surface area contributed by atoms with E-state index in [1.807, 2.05) is 38.4 Å². The topological polar surface area (TPSA) is 59.0 Å². The van der Waals surface area contributed by atoms with E-state index in [1.54, 1.807) is 17.8 Å². The Balaban J connectivity index is 2.07. The first kappa shape index (κ1) is 13.1. The van der Waals surface area contributed by atoms with Gasteiger partial charge in [-0.1, -0.05) is 6.07 Å². The highest BCUT2D eigenvalue weighted by molar-refractivity contribution is 5.94. The molecular formula is C14H18N4O.